The van der Waals surface area contributed by atoms with E-state index in [4.69, 9.17) is 4.42 Å². The van der Waals surface area contributed by atoms with Gasteiger partial charge in [-0.25, -0.2) is 0 Å². The van der Waals surface area contributed by atoms with Crippen LogP contribution < -0.4 is 0 Å². The van der Waals surface area contributed by atoms with Gasteiger partial charge in [-0.15, -0.1) is 0 Å². The van der Waals surface area contributed by atoms with Crippen molar-refractivity contribution in [3.8, 4) is 0 Å². The van der Waals surface area contributed by atoms with Crippen LogP contribution >= 0.6 is 0 Å². The molecule has 0 spiro atoms. The highest BCUT2D eigenvalue weighted by Crippen LogP contribution is 2.12. The Bertz CT molecular complexity index is 400. The third-order valence-electron chi connectivity index (χ3n) is 4.46. The lowest BCUT2D eigenvalue weighted by Gasteiger charge is -2.01. The van der Waals surface area contributed by atoms with E-state index in [0.29, 0.717) is 0 Å². The van der Waals surface area contributed by atoms with Crippen molar-refractivity contribution < 1.29 is 4.42 Å². The van der Waals surface area contributed by atoms with Crippen LogP contribution in [-0.2, 0) is 0 Å². The fourth-order valence-electron chi connectivity index (χ4n) is 2.91. The fourth-order valence-corrected chi connectivity index (χ4v) is 2.91. The summed E-state index contributed by atoms with van der Waals surface area (Å²) in [6.07, 6.45) is 29.7. The lowest BCUT2D eigenvalue weighted by molar-refractivity contribution is 0.555. The van der Waals surface area contributed by atoms with Gasteiger partial charge in [0.1, 0.15) is 5.76 Å². The summed E-state index contributed by atoms with van der Waals surface area (Å²) in [4.78, 5) is 0. The topological polar surface area (TPSA) is 13.1 Å². The minimum absolute atomic E-state index is 0.964. The molecule has 0 aliphatic rings. The van der Waals surface area contributed by atoms with Crippen LogP contribution in [0, 0.1) is 0 Å². The molecule has 0 fully saturated rings. The molecule has 0 unspecified atom stereocenters. The summed E-state index contributed by atoms with van der Waals surface area (Å²) in [6, 6.07) is 3.93. The maximum absolute atomic E-state index is 5.27. The molecule has 1 heterocycles. The van der Waals surface area contributed by atoms with Gasteiger partial charge in [0, 0.05) is 0 Å². The smallest absolute Gasteiger partial charge is 0.126 e. The van der Waals surface area contributed by atoms with Gasteiger partial charge in [-0.1, -0.05) is 82.9 Å². The molecular formula is C23H38O. The molecule has 1 heteroatoms. The molecule has 0 bridgehead atoms. The summed E-state index contributed by atoms with van der Waals surface area (Å²) in [5.41, 5.74) is 0. The molecule has 1 nitrogen and oxygen atoms in total. The number of rotatable bonds is 16. The summed E-state index contributed by atoms with van der Waals surface area (Å²) in [6.45, 7) is 2.26. The van der Waals surface area contributed by atoms with Crippen LogP contribution in [0.3, 0.4) is 0 Å². The van der Waals surface area contributed by atoms with E-state index in [1.807, 2.05) is 12.1 Å². The van der Waals surface area contributed by atoms with Crippen molar-refractivity contribution in [3.05, 3.63) is 42.4 Å². The van der Waals surface area contributed by atoms with Crippen LogP contribution in [0.5, 0.6) is 0 Å². The van der Waals surface area contributed by atoms with Crippen molar-refractivity contribution >= 4 is 6.08 Å². The van der Waals surface area contributed by atoms with Crippen LogP contribution in [0.25, 0.3) is 6.08 Å². The molecule has 1 aromatic heterocycles. The van der Waals surface area contributed by atoms with Crippen LogP contribution in [0.4, 0.5) is 0 Å². The largest absolute Gasteiger partial charge is 0.465 e. The average Bonchev–Trinajstić information content (AvgIpc) is 3.11. The third kappa shape index (κ3) is 13.2. The Labute approximate surface area is 150 Å². The van der Waals surface area contributed by atoms with Crippen molar-refractivity contribution in [2.24, 2.45) is 0 Å². The zero-order valence-corrected chi connectivity index (χ0v) is 15.8. The Morgan fingerprint density at radius 1 is 0.708 bits per heavy atom. The van der Waals surface area contributed by atoms with Crippen LogP contribution in [0.15, 0.2) is 41.0 Å². The Hall–Kier alpha value is -1.24. The van der Waals surface area contributed by atoms with Gasteiger partial charge in [0.05, 0.1) is 6.26 Å². The first kappa shape index (κ1) is 20.8. The molecule has 0 aliphatic heterocycles. The van der Waals surface area contributed by atoms with Crippen molar-refractivity contribution in [1.82, 2.24) is 0 Å². The Morgan fingerprint density at radius 2 is 1.25 bits per heavy atom. The predicted molar refractivity (Wildman–Crippen MR) is 107 cm³/mol. The molecule has 0 saturated heterocycles. The number of unbranched alkanes of at least 4 members (excludes halogenated alkanes) is 12. The maximum Gasteiger partial charge on any atom is 0.126 e. The van der Waals surface area contributed by atoms with Gasteiger partial charge in [-0.3, -0.25) is 0 Å². The van der Waals surface area contributed by atoms with Crippen LogP contribution in [0.2, 0.25) is 0 Å². The molecular weight excluding hydrogens is 292 g/mol. The van der Waals surface area contributed by atoms with E-state index < -0.39 is 0 Å². The number of allylic oxidation sites excluding steroid dienone is 3. The molecule has 0 aromatic carbocycles. The van der Waals surface area contributed by atoms with Crippen molar-refractivity contribution in [2.75, 3.05) is 0 Å². The zero-order valence-electron chi connectivity index (χ0n) is 15.8. The van der Waals surface area contributed by atoms with Crippen molar-refractivity contribution in [3.63, 3.8) is 0 Å². The highest BCUT2D eigenvalue weighted by atomic mass is 16.3. The summed E-state index contributed by atoms with van der Waals surface area (Å²) in [5.74, 6) is 0.964. The monoisotopic (exact) mass is 330 g/mol. The Morgan fingerprint density at radius 3 is 1.79 bits per heavy atom. The van der Waals surface area contributed by atoms with E-state index >= 15 is 0 Å². The Balaban J connectivity index is 1.74. The van der Waals surface area contributed by atoms with Crippen molar-refractivity contribution in [2.45, 2.75) is 96.8 Å². The SMILES string of the molecule is CCCC/C=C/CCCCCCCCCCC/C=C/c1ccco1. The van der Waals surface area contributed by atoms with Crippen LogP contribution in [-0.4, -0.2) is 0 Å². The molecule has 0 radical (unpaired) electrons. The van der Waals surface area contributed by atoms with Crippen molar-refractivity contribution in [1.29, 1.82) is 0 Å². The van der Waals surface area contributed by atoms with E-state index in [9.17, 15) is 0 Å². The van der Waals surface area contributed by atoms with E-state index in [1.54, 1.807) is 6.26 Å². The average molecular weight is 331 g/mol. The van der Waals surface area contributed by atoms with E-state index in [2.05, 4.69) is 31.2 Å². The molecule has 1 rings (SSSR count). The second-order valence-corrected chi connectivity index (χ2v) is 6.79. The zero-order chi connectivity index (χ0) is 17.1. The second-order valence-electron chi connectivity index (χ2n) is 6.79. The first-order chi connectivity index (χ1) is 11.9. The van der Waals surface area contributed by atoms with Gasteiger partial charge in [-0.05, 0) is 50.3 Å². The summed E-state index contributed by atoms with van der Waals surface area (Å²) < 4.78 is 5.27. The minimum atomic E-state index is 0.964. The predicted octanol–water partition coefficient (Wildman–Crippen LogP) is 8.33. The second kappa shape index (κ2) is 16.6. The number of furan rings is 1. The van der Waals surface area contributed by atoms with Gasteiger partial charge in [0.15, 0.2) is 0 Å². The maximum atomic E-state index is 5.27. The lowest BCUT2D eigenvalue weighted by Crippen LogP contribution is -1.81. The van der Waals surface area contributed by atoms with Gasteiger partial charge >= 0.3 is 0 Å². The van der Waals surface area contributed by atoms with Gasteiger partial charge in [-0.2, -0.15) is 0 Å². The molecule has 0 amide bonds. The van der Waals surface area contributed by atoms with Crippen LogP contribution in [0.1, 0.15) is 103 Å². The summed E-state index contributed by atoms with van der Waals surface area (Å²) >= 11 is 0. The van der Waals surface area contributed by atoms with Gasteiger partial charge < -0.3 is 4.42 Å². The molecule has 1 aromatic rings. The molecule has 0 atom stereocenters. The van der Waals surface area contributed by atoms with E-state index in [1.165, 1.54) is 89.9 Å². The normalized spacial score (nSPS) is 11.9. The van der Waals surface area contributed by atoms with Gasteiger partial charge in [0.25, 0.3) is 0 Å². The van der Waals surface area contributed by atoms with Gasteiger partial charge in [0.2, 0.25) is 0 Å². The van der Waals surface area contributed by atoms with E-state index in [0.717, 1.165) is 5.76 Å². The molecule has 0 saturated carbocycles. The molecule has 136 valence electrons. The summed E-state index contributed by atoms with van der Waals surface area (Å²) in [5, 5.41) is 0. The molecule has 24 heavy (non-hydrogen) atoms. The first-order valence-electron chi connectivity index (χ1n) is 10.3. The number of hydrogen-bond donors (Lipinski definition) is 0. The quantitative estimate of drug-likeness (QED) is 0.219. The number of hydrogen-bond acceptors (Lipinski definition) is 1. The first-order valence-corrected chi connectivity index (χ1v) is 10.3. The summed E-state index contributed by atoms with van der Waals surface area (Å²) in [7, 11) is 0. The Kier molecular flexibility index (Phi) is 14.4. The van der Waals surface area contributed by atoms with E-state index in [-0.39, 0.29) is 0 Å². The fraction of sp³-hybridized carbons (Fsp3) is 0.652. The highest BCUT2D eigenvalue weighted by molar-refractivity contribution is 5.41. The molecule has 0 N–H and O–H groups in total. The standard InChI is InChI=1S/C23H38O/c1-2-3-4-5-6-7-8-9-10-11-12-13-14-15-16-17-18-20-23-21-19-22-24-23/h5-6,18-22H,2-4,7-17H2,1H3/b6-5+,20-18+. The third-order valence-corrected chi connectivity index (χ3v) is 4.46. The minimum Gasteiger partial charge on any atom is -0.465 e. The highest BCUT2D eigenvalue weighted by Gasteiger charge is 1.93. The lowest BCUT2D eigenvalue weighted by atomic mass is 10.1. The molecule has 0 aliphatic carbocycles.